The molecule has 0 spiro atoms. The summed E-state index contributed by atoms with van der Waals surface area (Å²) in [5, 5.41) is 4.21. The average Bonchev–Trinajstić information content (AvgIpc) is 3.44. The predicted octanol–water partition coefficient (Wildman–Crippen LogP) is 3.94. The Kier molecular flexibility index (Phi) is 7.09. The molecular formula is C23H29N5OS2. The molecule has 1 aromatic carbocycles. The van der Waals surface area contributed by atoms with Crippen LogP contribution in [0.25, 0.3) is 5.69 Å². The van der Waals surface area contributed by atoms with Gasteiger partial charge in [0.1, 0.15) is 0 Å². The highest BCUT2D eigenvalue weighted by Crippen LogP contribution is 2.24. The summed E-state index contributed by atoms with van der Waals surface area (Å²) in [6, 6.07) is 6.27. The first kappa shape index (κ1) is 22.0. The van der Waals surface area contributed by atoms with Crippen LogP contribution in [0.1, 0.15) is 28.8 Å². The Morgan fingerprint density at radius 3 is 2.74 bits per heavy atom. The van der Waals surface area contributed by atoms with Crippen LogP contribution in [0.4, 0.5) is 0 Å². The molecule has 1 fully saturated rings. The molecule has 164 valence electrons. The van der Waals surface area contributed by atoms with E-state index >= 15 is 0 Å². The molecule has 0 bridgehead atoms. The number of hydrogen-bond donors (Lipinski definition) is 0. The number of aromatic nitrogens is 3. The number of rotatable bonds is 7. The Balaban J connectivity index is 1.29. The van der Waals surface area contributed by atoms with Gasteiger partial charge in [0, 0.05) is 50.5 Å². The normalized spacial score (nSPS) is 14.9. The fourth-order valence-electron chi connectivity index (χ4n) is 3.76. The van der Waals surface area contributed by atoms with Gasteiger partial charge in [0.15, 0.2) is 5.16 Å². The van der Waals surface area contributed by atoms with Crippen LogP contribution >= 0.6 is 23.1 Å². The highest BCUT2D eigenvalue weighted by molar-refractivity contribution is 7.99. The van der Waals surface area contributed by atoms with Gasteiger partial charge in [-0.15, -0.1) is 11.3 Å². The Morgan fingerprint density at radius 2 is 2.00 bits per heavy atom. The van der Waals surface area contributed by atoms with Gasteiger partial charge >= 0.3 is 0 Å². The van der Waals surface area contributed by atoms with Crippen LogP contribution < -0.4 is 0 Å². The van der Waals surface area contributed by atoms with Crippen LogP contribution in [0, 0.1) is 13.8 Å². The summed E-state index contributed by atoms with van der Waals surface area (Å²) in [4.78, 5) is 26.3. The molecule has 6 nitrogen and oxygen atoms in total. The van der Waals surface area contributed by atoms with Gasteiger partial charge in [0.05, 0.1) is 22.1 Å². The molecule has 31 heavy (non-hydrogen) atoms. The van der Waals surface area contributed by atoms with E-state index in [1.807, 2.05) is 11.1 Å². The number of carbonyl (C=O) groups is 1. The Morgan fingerprint density at radius 1 is 1.19 bits per heavy atom. The number of aryl methyl sites for hydroxylation is 2. The molecular weight excluding hydrogens is 426 g/mol. The summed E-state index contributed by atoms with van der Waals surface area (Å²) < 4.78 is 2.08. The van der Waals surface area contributed by atoms with Gasteiger partial charge in [-0.25, -0.2) is 9.97 Å². The van der Waals surface area contributed by atoms with Gasteiger partial charge in [-0.1, -0.05) is 30.8 Å². The topological polar surface area (TPSA) is 54.3 Å². The van der Waals surface area contributed by atoms with Crippen LogP contribution in [0.2, 0.25) is 0 Å². The van der Waals surface area contributed by atoms with E-state index < -0.39 is 0 Å². The summed E-state index contributed by atoms with van der Waals surface area (Å²) in [5.41, 5.74) is 4.75. The predicted molar refractivity (Wildman–Crippen MR) is 127 cm³/mol. The standard InChI is InChI=1S/C23H29N5OS2/c1-4-21-25-19(15-30-21)14-26-10-12-27(13-11-26)22(29)16-31-23-24-8-9-28(23)20-7-5-6-17(2)18(20)3/h5-9,15H,4,10-14,16H2,1-3H3. The first-order valence-electron chi connectivity index (χ1n) is 10.7. The van der Waals surface area contributed by atoms with Gasteiger partial charge in [-0.2, -0.15) is 0 Å². The molecule has 1 amide bonds. The van der Waals surface area contributed by atoms with E-state index in [0.717, 1.165) is 55.7 Å². The van der Waals surface area contributed by atoms with Crippen LogP contribution in [-0.2, 0) is 17.8 Å². The van der Waals surface area contributed by atoms with E-state index in [0.29, 0.717) is 5.75 Å². The van der Waals surface area contributed by atoms with Crippen molar-refractivity contribution < 1.29 is 4.79 Å². The highest BCUT2D eigenvalue weighted by atomic mass is 32.2. The molecule has 0 radical (unpaired) electrons. The molecule has 1 aliphatic heterocycles. The number of carbonyl (C=O) groups excluding carboxylic acids is 1. The van der Waals surface area contributed by atoms with E-state index in [9.17, 15) is 4.79 Å². The molecule has 0 saturated carbocycles. The van der Waals surface area contributed by atoms with Crippen molar-refractivity contribution in [2.24, 2.45) is 0 Å². The van der Waals surface area contributed by atoms with Crippen LogP contribution in [0.3, 0.4) is 0 Å². The molecule has 4 rings (SSSR count). The molecule has 0 unspecified atom stereocenters. The molecule has 2 aromatic heterocycles. The van der Waals surface area contributed by atoms with Crippen molar-refractivity contribution in [2.45, 2.75) is 38.9 Å². The van der Waals surface area contributed by atoms with Crippen LogP contribution in [0.5, 0.6) is 0 Å². The molecule has 0 atom stereocenters. The molecule has 1 saturated heterocycles. The fourth-order valence-corrected chi connectivity index (χ4v) is 5.37. The minimum Gasteiger partial charge on any atom is -0.339 e. The first-order chi connectivity index (χ1) is 15.0. The molecule has 3 aromatic rings. The minimum atomic E-state index is 0.182. The van der Waals surface area contributed by atoms with E-state index in [1.165, 1.54) is 27.9 Å². The molecule has 0 N–H and O–H groups in total. The monoisotopic (exact) mass is 455 g/mol. The van der Waals surface area contributed by atoms with Crippen molar-refractivity contribution in [3.8, 4) is 5.69 Å². The maximum atomic E-state index is 12.8. The lowest BCUT2D eigenvalue weighted by Crippen LogP contribution is -2.48. The molecule has 3 heterocycles. The smallest absolute Gasteiger partial charge is 0.233 e. The van der Waals surface area contributed by atoms with Crippen LogP contribution in [0.15, 0.2) is 41.1 Å². The van der Waals surface area contributed by atoms with Crippen LogP contribution in [-0.4, -0.2) is 62.2 Å². The second-order valence-electron chi connectivity index (χ2n) is 7.83. The van der Waals surface area contributed by atoms with Gasteiger partial charge in [-0.05, 0) is 37.5 Å². The number of thiazole rings is 1. The van der Waals surface area contributed by atoms with E-state index in [4.69, 9.17) is 0 Å². The maximum Gasteiger partial charge on any atom is 0.233 e. The second-order valence-corrected chi connectivity index (χ2v) is 9.72. The van der Waals surface area contributed by atoms with E-state index in [2.05, 4.69) is 63.8 Å². The third-order valence-electron chi connectivity index (χ3n) is 5.78. The largest absolute Gasteiger partial charge is 0.339 e. The zero-order chi connectivity index (χ0) is 21.8. The van der Waals surface area contributed by atoms with Crippen molar-refractivity contribution in [1.29, 1.82) is 0 Å². The average molecular weight is 456 g/mol. The lowest BCUT2D eigenvalue weighted by Gasteiger charge is -2.34. The maximum absolute atomic E-state index is 12.8. The first-order valence-corrected chi connectivity index (χ1v) is 12.6. The lowest BCUT2D eigenvalue weighted by atomic mass is 10.1. The second kappa shape index (κ2) is 9.97. The molecule has 8 heteroatoms. The van der Waals surface area contributed by atoms with E-state index in [-0.39, 0.29) is 5.91 Å². The van der Waals surface area contributed by atoms with Gasteiger partial charge in [0.25, 0.3) is 0 Å². The number of thioether (sulfide) groups is 1. The van der Waals surface area contributed by atoms with E-state index in [1.54, 1.807) is 17.5 Å². The zero-order valence-electron chi connectivity index (χ0n) is 18.4. The zero-order valence-corrected chi connectivity index (χ0v) is 20.0. The summed E-state index contributed by atoms with van der Waals surface area (Å²) in [6.45, 7) is 10.6. The molecule has 0 aliphatic carbocycles. The van der Waals surface area contributed by atoms with Crippen molar-refractivity contribution in [2.75, 3.05) is 31.9 Å². The molecule has 1 aliphatic rings. The summed E-state index contributed by atoms with van der Waals surface area (Å²) >= 11 is 3.25. The quantitative estimate of drug-likeness (QED) is 0.505. The Hall–Kier alpha value is -2.16. The van der Waals surface area contributed by atoms with Crippen molar-refractivity contribution in [3.63, 3.8) is 0 Å². The summed E-state index contributed by atoms with van der Waals surface area (Å²) in [7, 11) is 0. The van der Waals surface area contributed by atoms with Crippen molar-refractivity contribution >= 4 is 29.0 Å². The van der Waals surface area contributed by atoms with Gasteiger partial charge < -0.3 is 4.90 Å². The highest BCUT2D eigenvalue weighted by Gasteiger charge is 2.22. The fraction of sp³-hybridized carbons (Fsp3) is 0.435. The number of benzene rings is 1. The lowest BCUT2D eigenvalue weighted by molar-refractivity contribution is -0.130. The number of nitrogens with zero attached hydrogens (tertiary/aromatic N) is 5. The van der Waals surface area contributed by atoms with Gasteiger partial charge in [-0.3, -0.25) is 14.3 Å². The van der Waals surface area contributed by atoms with Gasteiger partial charge in [0.2, 0.25) is 5.91 Å². The summed E-state index contributed by atoms with van der Waals surface area (Å²) in [5.74, 6) is 0.593. The Bertz CT molecular complexity index is 1040. The summed E-state index contributed by atoms with van der Waals surface area (Å²) in [6.07, 6.45) is 4.76. The number of imidazole rings is 1. The minimum absolute atomic E-state index is 0.182. The number of amides is 1. The number of hydrogen-bond acceptors (Lipinski definition) is 6. The third kappa shape index (κ3) is 5.19. The number of piperazine rings is 1. The SMILES string of the molecule is CCc1nc(CN2CCN(C(=O)CSc3nccn3-c3cccc(C)c3C)CC2)cs1. The third-order valence-corrected chi connectivity index (χ3v) is 7.77. The van der Waals surface area contributed by atoms with Crippen molar-refractivity contribution in [1.82, 2.24) is 24.3 Å². The Labute approximate surface area is 192 Å². The van der Waals surface area contributed by atoms with Crippen molar-refractivity contribution in [3.05, 3.63) is 57.8 Å².